The van der Waals surface area contributed by atoms with Gasteiger partial charge in [0.25, 0.3) is 5.82 Å². The molecule has 0 aliphatic rings. The van der Waals surface area contributed by atoms with Crippen LogP contribution >= 0.6 is 0 Å². The van der Waals surface area contributed by atoms with Crippen molar-refractivity contribution < 1.29 is 4.57 Å². The van der Waals surface area contributed by atoms with Gasteiger partial charge in [-0.25, -0.2) is 9.13 Å². The van der Waals surface area contributed by atoms with Crippen molar-refractivity contribution in [2.45, 2.75) is 156 Å². The molecule has 29 heavy (non-hydrogen) atoms. The van der Waals surface area contributed by atoms with Crippen LogP contribution in [-0.2, 0) is 19.5 Å². The number of aromatic nitrogens is 2. The number of hydrogen-bond donors (Lipinski definition) is 0. The number of hydrogen-bond acceptors (Lipinski definition) is 0. The molecule has 0 atom stereocenters. The van der Waals surface area contributed by atoms with Gasteiger partial charge in [0.15, 0.2) is 0 Å². The average molecular weight is 406 g/mol. The van der Waals surface area contributed by atoms with Crippen LogP contribution in [0.3, 0.4) is 0 Å². The van der Waals surface area contributed by atoms with Gasteiger partial charge in [0.05, 0.1) is 13.1 Å². The molecule has 0 unspecified atom stereocenters. The molecule has 0 fully saturated rings. The molecule has 2 heteroatoms. The van der Waals surface area contributed by atoms with E-state index in [9.17, 15) is 0 Å². The summed E-state index contributed by atoms with van der Waals surface area (Å²) in [6.07, 6.45) is 31.1. The molecule has 2 nitrogen and oxygen atoms in total. The van der Waals surface area contributed by atoms with E-state index < -0.39 is 0 Å². The molecule has 1 rings (SSSR count). The van der Waals surface area contributed by atoms with Crippen molar-refractivity contribution in [2.24, 2.45) is 0 Å². The van der Waals surface area contributed by atoms with E-state index in [1.807, 2.05) is 0 Å². The van der Waals surface area contributed by atoms with E-state index in [2.05, 4.69) is 42.3 Å². The summed E-state index contributed by atoms with van der Waals surface area (Å²) in [5.74, 6) is 1.59. The molecule has 0 N–H and O–H groups in total. The Kier molecular flexibility index (Phi) is 17.4. The Balaban J connectivity index is 2.31. The highest BCUT2D eigenvalue weighted by atomic mass is 15.1. The minimum Gasteiger partial charge on any atom is -0.234 e. The van der Waals surface area contributed by atoms with Gasteiger partial charge in [-0.2, -0.15) is 0 Å². The second kappa shape index (κ2) is 19.2. The quantitative estimate of drug-likeness (QED) is 0.143. The van der Waals surface area contributed by atoms with Crippen LogP contribution < -0.4 is 4.57 Å². The Morgan fingerprint density at radius 1 is 0.586 bits per heavy atom. The minimum atomic E-state index is 1.22. The minimum absolute atomic E-state index is 1.22. The van der Waals surface area contributed by atoms with Crippen LogP contribution in [0.15, 0.2) is 12.4 Å². The van der Waals surface area contributed by atoms with Gasteiger partial charge >= 0.3 is 0 Å². The third kappa shape index (κ3) is 13.2. The summed E-state index contributed by atoms with van der Waals surface area (Å²) in [5, 5.41) is 0. The maximum absolute atomic E-state index is 2.58. The topological polar surface area (TPSA) is 8.81 Å². The molecule has 170 valence electrons. The Hall–Kier alpha value is -0.790. The van der Waals surface area contributed by atoms with Gasteiger partial charge in [-0.05, 0) is 32.1 Å². The Morgan fingerprint density at radius 2 is 1.07 bits per heavy atom. The van der Waals surface area contributed by atoms with Gasteiger partial charge in [-0.3, -0.25) is 0 Å². The predicted molar refractivity (Wildman–Crippen MR) is 128 cm³/mol. The Morgan fingerprint density at radius 3 is 1.66 bits per heavy atom. The lowest BCUT2D eigenvalue weighted by Crippen LogP contribution is -2.37. The molecule has 0 bridgehead atoms. The summed E-state index contributed by atoms with van der Waals surface area (Å²) in [4.78, 5) is 0. The first-order valence-corrected chi connectivity index (χ1v) is 13.4. The number of nitrogens with zero attached hydrogens (tertiary/aromatic N) is 2. The van der Waals surface area contributed by atoms with Crippen molar-refractivity contribution in [3.63, 3.8) is 0 Å². The lowest BCUT2D eigenvalue weighted by atomic mass is 10.1. The molecule has 0 aliphatic carbocycles. The third-order valence-corrected chi connectivity index (χ3v) is 6.35. The zero-order valence-corrected chi connectivity index (χ0v) is 20.4. The molecule has 1 heterocycles. The summed E-state index contributed by atoms with van der Waals surface area (Å²) < 4.78 is 5.15. The smallest absolute Gasteiger partial charge is 0.234 e. The average Bonchev–Trinajstić information content (AvgIpc) is 3.11. The highest BCUT2D eigenvalue weighted by Gasteiger charge is 2.16. The zero-order chi connectivity index (χ0) is 21.0. The second-order valence-corrected chi connectivity index (χ2v) is 9.15. The lowest BCUT2D eigenvalue weighted by Gasteiger charge is -2.06. The summed E-state index contributed by atoms with van der Waals surface area (Å²) in [7, 11) is 0. The van der Waals surface area contributed by atoms with Crippen molar-refractivity contribution >= 4 is 0 Å². The molecular weight excluding hydrogens is 352 g/mol. The van der Waals surface area contributed by atoms with Crippen LogP contribution in [0.2, 0.25) is 0 Å². The maximum atomic E-state index is 2.58. The molecule has 0 spiro atoms. The summed E-state index contributed by atoms with van der Waals surface area (Å²) in [5.41, 5.74) is 0. The van der Waals surface area contributed by atoms with Crippen LogP contribution in [0.4, 0.5) is 0 Å². The van der Waals surface area contributed by atoms with E-state index in [-0.39, 0.29) is 0 Å². The van der Waals surface area contributed by atoms with Gasteiger partial charge in [-0.15, -0.1) is 0 Å². The molecule has 0 saturated heterocycles. The van der Waals surface area contributed by atoms with Crippen molar-refractivity contribution in [3.05, 3.63) is 18.2 Å². The normalized spacial score (nSPS) is 11.4. The second-order valence-electron chi connectivity index (χ2n) is 9.15. The standard InChI is InChI=1S/C27H53N2/c1-4-7-10-13-14-15-16-17-18-21-24-29-26-25-28(23-20-12-9-6-3)27(29)22-19-11-8-5-2/h25-26H,4-24H2,1-3H3/q+1. The molecule has 1 aromatic heterocycles. The first-order valence-electron chi connectivity index (χ1n) is 13.4. The van der Waals surface area contributed by atoms with Crippen LogP contribution in [-0.4, -0.2) is 4.57 Å². The van der Waals surface area contributed by atoms with E-state index in [0.717, 1.165) is 0 Å². The van der Waals surface area contributed by atoms with Crippen molar-refractivity contribution in [2.75, 3.05) is 0 Å². The van der Waals surface area contributed by atoms with Crippen LogP contribution in [0, 0.1) is 0 Å². The lowest BCUT2D eigenvalue weighted by molar-refractivity contribution is -0.704. The van der Waals surface area contributed by atoms with E-state index >= 15 is 0 Å². The summed E-state index contributed by atoms with van der Waals surface area (Å²) in [6, 6.07) is 0. The fourth-order valence-corrected chi connectivity index (χ4v) is 4.38. The molecule has 0 radical (unpaired) electrons. The largest absolute Gasteiger partial charge is 0.256 e. The van der Waals surface area contributed by atoms with Crippen molar-refractivity contribution in [1.82, 2.24) is 4.57 Å². The molecule has 0 saturated carbocycles. The van der Waals surface area contributed by atoms with Gasteiger partial charge in [-0.1, -0.05) is 104 Å². The van der Waals surface area contributed by atoms with Crippen LogP contribution in [0.5, 0.6) is 0 Å². The highest BCUT2D eigenvalue weighted by Crippen LogP contribution is 2.12. The predicted octanol–water partition coefficient (Wildman–Crippen LogP) is 8.40. The molecule has 0 amide bonds. The number of imidazole rings is 1. The highest BCUT2D eigenvalue weighted by molar-refractivity contribution is 4.84. The molecule has 1 aromatic rings. The van der Waals surface area contributed by atoms with Crippen LogP contribution in [0.25, 0.3) is 0 Å². The first kappa shape index (κ1) is 26.2. The number of unbranched alkanes of at least 4 members (excludes halogenated alkanes) is 15. The van der Waals surface area contributed by atoms with Gasteiger partial charge < -0.3 is 0 Å². The fourth-order valence-electron chi connectivity index (χ4n) is 4.38. The zero-order valence-electron chi connectivity index (χ0n) is 20.4. The van der Waals surface area contributed by atoms with Gasteiger partial charge in [0, 0.05) is 6.42 Å². The van der Waals surface area contributed by atoms with E-state index in [0.29, 0.717) is 0 Å². The number of rotatable bonds is 21. The number of aryl methyl sites for hydroxylation is 2. The van der Waals surface area contributed by atoms with Crippen LogP contribution in [0.1, 0.15) is 142 Å². The van der Waals surface area contributed by atoms with Gasteiger partial charge in [0.2, 0.25) is 0 Å². The van der Waals surface area contributed by atoms with E-state index in [4.69, 9.17) is 0 Å². The Bertz CT molecular complexity index is 463. The fraction of sp³-hybridized carbons (Fsp3) is 0.889. The molecule has 0 aromatic carbocycles. The first-order chi connectivity index (χ1) is 14.3. The summed E-state index contributed by atoms with van der Waals surface area (Å²) >= 11 is 0. The monoisotopic (exact) mass is 405 g/mol. The molecular formula is C27H53N2+. The Labute approximate surface area is 183 Å². The maximum Gasteiger partial charge on any atom is 0.256 e. The third-order valence-electron chi connectivity index (χ3n) is 6.35. The van der Waals surface area contributed by atoms with E-state index in [1.165, 1.54) is 135 Å². The van der Waals surface area contributed by atoms with Crippen molar-refractivity contribution in [3.8, 4) is 0 Å². The van der Waals surface area contributed by atoms with Gasteiger partial charge in [0.1, 0.15) is 12.4 Å². The van der Waals surface area contributed by atoms with Crippen molar-refractivity contribution in [1.29, 1.82) is 0 Å². The van der Waals surface area contributed by atoms with E-state index in [1.54, 1.807) is 5.82 Å². The SMILES string of the molecule is CCCCCCCCCCCC[n+]1ccn(CCCCCC)c1CCCCCC. The summed E-state index contributed by atoms with van der Waals surface area (Å²) in [6.45, 7) is 9.35. The molecule has 0 aliphatic heterocycles.